The Kier molecular flexibility index (Phi) is 3.95. The molecule has 0 unspecified atom stereocenters. The van der Waals surface area contributed by atoms with E-state index >= 15 is 0 Å². The van der Waals surface area contributed by atoms with Crippen LogP contribution in [0.15, 0.2) is 30.5 Å². The number of benzene rings is 1. The second-order valence-corrected chi connectivity index (χ2v) is 6.70. The fraction of sp³-hybridized carbons (Fsp3) is 0.375. The molecule has 2 rings (SSSR count). The van der Waals surface area contributed by atoms with Crippen LogP contribution in [0, 0.1) is 5.41 Å². The SMILES string of the molecule is CC(C)(N)C(C)(C)C(=O)Nc1ccc(Cl)c2ncccc12. The minimum absolute atomic E-state index is 0.137. The monoisotopic (exact) mass is 305 g/mol. The van der Waals surface area contributed by atoms with Crippen LogP contribution >= 0.6 is 11.6 Å². The third kappa shape index (κ3) is 2.87. The van der Waals surface area contributed by atoms with Crippen molar-refractivity contribution in [3.05, 3.63) is 35.5 Å². The minimum atomic E-state index is -0.721. The van der Waals surface area contributed by atoms with Gasteiger partial charge in [-0.15, -0.1) is 0 Å². The number of pyridine rings is 1. The molecule has 0 spiro atoms. The number of nitrogens with one attached hydrogen (secondary N) is 1. The van der Waals surface area contributed by atoms with Crippen molar-refractivity contribution in [3.8, 4) is 0 Å². The van der Waals surface area contributed by atoms with Crippen molar-refractivity contribution in [1.82, 2.24) is 4.98 Å². The maximum Gasteiger partial charge on any atom is 0.231 e. The Labute approximate surface area is 129 Å². The fourth-order valence-electron chi connectivity index (χ4n) is 1.82. The van der Waals surface area contributed by atoms with Gasteiger partial charge in [0.1, 0.15) is 0 Å². The van der Waals surface area contributed by atoms with Crippen molar-refractivity contribution in [2.24, 2.45) is 11.1 Å². The summed E-state index contributed by atoms with van der Waals surface area (Å²) in [6.07, 6.45) is 1.67. The number of halogens is 1. The van der Waals surface area contributed by atoms with Gasteiger partial charge in [0.2, 0.25) is 5.91 Å². The molecule has 1 heterocycles. The van der Waals surface area contributed by atoms with Crippen molar-refractivity contribution in [2.75, 3.05) is 5.32 Å². The van der Waals surface area contributed by atoms with Gasteiger partial charge in [-0.25, -0.2) is 0 Å². The molecule has 0 bridgehead atoms. The number of fused-ring (bicyclic) bond motifs is 1. The lowest BCUT2D eigenvalue weighted by atomic mass is 9.74. The first-order valence-corrected chi connectivity index (χ1v) is 7.16. The number of hydrogen-bond acceptors (Lipinski definition) is 3. The first kappa shape index (κ1) is 15.7. The zero-order chi connectivity index (χ0) is 15.8. The first-order chi connectivity index (χ1) is 9.64. The Balaban J connectivity index is 2.42. The Hall–Kier alpha value is -1.65. The number of amides is 1. The molecule has 0 atom stereocenters. The molecule has 5 heteroatoms. The standard InChI is InChI=1S/C16H20ClN3O/c1-15(2,16(3,4)18)14(21)20-12-8-7-11(17)13-10(12)6-5-9-19-13/h5-9H,18H2,1-4H3,(H,20,21). The number of nitrogens with two attached hydrogens (primary N) is 1. The van der Waals surface area contributed by atoms with E-state index < -0.39 is 11.0 Å². The Bertz CT molecular complexity index is 689. The average Bonchev–Trinajstić information content (AvgIpc) is 2.41. The molecule has 112 valence electrons. The average molecular weight is 306 g/mol. The van der Waals surface area contributed by atoms with Gasteiger partial charge in [0, 0.05) is 17.1 Å². The van der Waals surface area contributed by atoms with Gasteiger partial charge in [-0.2, -0.15) is 0 Å². The van der Waals surface area contributed by atoms with E-state index in [0.29, 0.717) is 16.2 Å². The predicted molar refractivity (Wildman–Crippen MR) is 87.4 cm³/mol. The summed E-state index contributed by atoms with van der Waals surface area (Å²) in [6, 6.07) is 7.20. The van der Waals surface area contributed by atoms with E-state index in [-0.39, 0.29) is 5.91 Å². The topological polar surface area (TPSA) is 68.0 Å². The number of aromatic nitrogens is 1. The zero-order valence-corrected chi connectivity index (χ0v) is 13.5. The summed E-state index contributed by atoms with van der Waals surface area (Å²) in [5, 5.41) is 4.31. The van der Waals surface area contributed by atoms with Gasteiger partial charge in [0.25, 0.3) is 0 Å². The summed E-state index contributed by atoms with van der Waals surface area (Å²) in [7, 11) is 0. The van der Waals surface area contributed by atoms with Gasteiger partial charge in [-0.05, 0) is 52.0 Å². The van der Waals surface area contributed by atoms with Gasteiger partial charge >= 0.3 is 0 Å². The molecule has 0 saturated heterocycles. The number of carbonyl (C=O) groups is 1. The zero-order valence-electron chi connectivity index (χ0n) is 12.7. The van der Waals surface area contributed by atoms with Crippen LogP contribution in [0.1, 0.15) is 27.7 Å². The first-order valence-electron chi connectivity index (χ1n) is 6.78. The summed E-state index contributed by atoms with van der Waals surface area (Å²) in [4.78, 5) is 16.8. The van der Waals surface area contributed by atoms with E-state index in [0.717, 1.165) is 5.39 Å². The van der Waals surface area contributed by atoms with Crippen molar-refractivity contribution in [1.29, 1.82) is 0 Å². The van der Waals surface area contributed by atoms with Crippen LogP contribution in [0.4, 0.5) is 5.69 Å². The van der Waals surface area contributed by atoms with Gasteiger partial charge in [0.05, 0.1) is 21.6 Å². The van der Waals surface area contributed by atoms with Crippen LogP contribution in [0.5, 0.6) is 0 Å². The highest BCUT2D eigenvalue weighted by Crippen LogP contribution is 2.32. The lowest BCUT2D eigenvalue weighted by molar-refractivity contribution is -0.126. The highest BCUT2D eigenvalue weighted by Gasteiger charge is 2.40. The van der Waals surface area contributed by atoms with Crippen molar-refractivity contribution >= 4 is 34.1 Å². The number of nitrogens with zero attached hydrogens (tertiary/aromatic N) is 1. The normalized spacial score (nSPS) is 12.5. The van der Waals surface area contributed by atoms with Crippen LogP contribution < -0.4 is 11.1 Å². The summed E-state index contributed by atoms with van der Waals surface area (Å²) < 4.78 is 0. The molecule has 0 saturated carbocycles. The third-order valence-corrected chi connectivity index (χ3v) is 4.45. The summed E-state index contributed by atoms with van der Waals surface area (Å²) >= 11 is 6.13. The summed E-state index contributed by atoms with van der Waals surface area (Å²) in [5.74, 6) is -0.137. The van der Waals surface area contributed by atoms with Crippen LogP contribution in [-0.4, -0.2) is 16.4 Å². The molecule has 1 aromatic heterocycles. The smallest absolute Gasteiger partial charge is 0.231 e. The molecule has 0 aliphatic carbocycles. The molecule has 0 fully saturated rings. The van der Waals surface area contributed by atoms with Crippen LogP contribution in [0.3, 0.4) is 0 Å². The van der Waals surface area contributed by atoms with E-state index in [2.05, 4.69) is 10.3 Å². The highest BCUT2D eigenvalue weighted by molar-refractivity contribution is 6.35. The maximum atomic E-state index is 12.6. The summed E-state index contributed by atoms with van der Waals surface area (Å²) in [6.45, 7) is 7.35. The van der Waals surface area contributed by atoms with Crippen LogP contribution in [-0.2, 0) is 4.79 Å². The largest absolute Gasteiger partial charge is 0.325 e. The molecule has 1 aromatic carbocycles. The molecule has 4 nitrogen and oxygen atoms in total. The lowest BCUT2D eigenvalue weighted by Crippen LogP contribution is -2.53. The van der Waals surface area contributed by atoms with E-state index in [1.165, 1.54) is 0 Å². The quantitative estimate of drug-likeness (QED) is 0.910. The fourth-order valence-corrected chi connectivity index (χ4v) is 2.03. The van der Waals surface area contributed by atoms with Crippen LogP contribution in [0.25, 0.3) is 10.9 Å². The molecule has 3 N–H and O–H groups in total. The van der Waals surface area contributed by atoms with Gasteiger partial charge in [-0.1, -0.05) is 11.6 Å². The molecular weight excluding hydrogens is 286 g/mol. The van der Waals surface area contributed by atoms with E-state index in [1.54, 1.807) is 18.3 Å². The number of anilines is 1. The Morgan fingerprint density at radius 2 is 1.90 bits per heavy atom. The van der Waals surface area contributed by atoms with E-state index in [4.69, 9.17) is 17.3 Å². The number of rotatable bonds is 3. The van der Waals surface area contributed by atoms with E-state index in [1.807, 2.05) is 39.8 Å². The van der Waals surface area contributed by atoms with Crippen molar-refractivity contribution in [3.63, 3.8) is 0 Å². The minimum Gasteiger partial charge on any atom is -0.325 e. The van der Waals surface area contributed by atoms with Gasteiger partial charge in [-0.3, -0.25) is 9.78 Å². The number of hydrogen-bond donors (Lipinski definition) is 2. The number of carbonyl (C=O) groups excluding carboxylic acids is 1. The third-order valence-electron chi connectivity index (χ3n) is 4.15. The Morgan fingerprint density at radius 3 is 2.52 bits per heavy atom. The molecule has 1 amide bonds. The highest BCUT2D eigenvalue weighted by atomic mass is 35.5. The van der Waals surface area contributed by atoms with Crippen LogP contribution in [0.2, 0.25) is 5.02 Å². The second kappa shape index (κ2) is 5.28. The second-order valence-electron chi connectivity index (χ2n) is 6.30. The Morgan fingerprint density at radius 1 is 1.24 bits per heavy atom. The predicted octanol–water partition coefficient (Wildman–Crippen LogP) is 3.59. The van der Waals surface area contributed by atoms with Gasteiger partial charge in [0.15, 0.2) is 0 Å². The maximum absolute atomic E-state index is 12.6. The molecule has 21 heavy (non-hydrogen) atoms. The van der Waals surface area contributed by atoms with Crippen molar-refractivity contribution < 1.29 is 4.79 Å². The van der Waals surface area contributed by atoms with Gasteiger partial charge < -0.3 is 11.1 Å². The van der Waals surface area contributed by atoms with Crippen molar-refractivity contribution in [2.45, 2.75) is 33.2 Å². The molecule has 0 aliphatic rings. The lowest BCUT2D eigenvalue weighted by Gasteiger charge is -2.37. The molecule has 2 aromatic rings. The molecule has 0 radical (unpaired) electrons. The summed E-state index contributed by atoms with van der Waals surface area (Å²) in [5.41, 5.74) is 6.10. The molecular formula is C16H20ClN3O. The van der Waals surface area contributed by atoms with E-state index in [9.17, 15) is 4.79 Å². The molecule has 0 aliphatic heterocycles.